The summed E-state index contributed by atoms with van der Waals surface area (Å²) in [6.07, 6.45) is -0.296. The molecule has 1 atom stereocenters. The summed E-state index contributed by atoms with van der Waals surface area (Å²) in [5, 5.41) is 9.37. The molecule has 1 aliphatic heterocycles. The van der Waals surface area contributed by atoms with Crippen LogP contribution in [-0.2, 0) is 4.74 Å². The molecule has 2 heterocycles. The summed E-state index contributed by atoms with van der Waals surface area (Å²) < 4.78 is 11.1. The second kappa shape index (κ2) is 6.37. The molecule has 0 amide bonds. The Morgan fingerprint density at radius 3 is 2.86 bits per heavy atom. The Labute approximate surface area is 123 Å². The monoisotopic (exact) mass is 298 g/mol. The molecule has 2 rings (SSSR count). The third-order valence-corrected chi connectivity index (χ3v) is 2.97. The standard InChI is InChI=1S/C12H22N6O3/c1-4-20-11-15-9(17-13)14-10(16-11)18-5-8(6-19)21-12(2,3)7-18/h8,19H,4-7,13H2,1-3H3,(H,14,15,16,17). The van der Waals surface area contributed by atoms with Crippen LogP contribution in [0.4, 0.5) is 11.9 Å². The SMILES string of the molecule is CCOc1nc(NN)nc(N2CC(CO)OC(C)(C)C2)n1. The van der Waals surface area contributed by atoms with Crippen molar-refractivity contribution in [1.29, 1.82) is 0 Å². The van der Waals surface area contributed by atoms with Gasteiger partial charge in [-0.15, -0.1) is 0 Å². The summed E-state index contributed by atoms with van der Waals surface area (Å²) in [7, 11) is 0. The highest BCUT2D eigenvalue weighted by atomic mass is 16.5. The number of aliphatic hydroxyl groups is 1. The maximum atomic E-state index is 9.37. The zero-order chi connectivity index (χ0) is 15.5. The summed E-state index contributed by atoms with van der Waals surface area (Å²) in [6.45, 7) is 7.21. The molecule has 1 aliphatic rings. The van der Waals surface area contributed by atoms with Crippen LogP contribution in [0.1, 0.15) is 20.8 Å². The maximum Gasteiger partial charge on any atom is 0.323 e. The van der Waals surface area contributed by atoms with Crippen LogP contribution in [0.25, 0.3) is 0 Å². The molecule has 4 N–H and O–H groups in total. The molecule has 0 aliphatic carbocycles. The molecule has 1 unspecified atom stereocenters. The van der Waals surface area contributed by atoms with E-state index in [0.717, 1.165) is 0 Å². The number of ether oxygens (including phenoxy) is 2. The van der Waals surface area contributed by atoms with Gasteiger partial charge in [0, 0.05) is 13.1 Å². The van der Waals surface area contributed by atoms with Crippen molar-refractivity contribution in [2.75, 3.05) is 36.6 Å². The molecule has 9 heteroatoms. The van der Waals surface area contributed by atoms with Crippen molar-refractivity contribution in [3.63, 3.8) is 0 Å². The van der Waals surface area contributed by atoms with E-state index in [-0.39, 0.29) is 24.7 Å². The Balaban J connectivity index is 2.28. The molecule has 1 aromatic heterocycles. The molecule has 118 valence electrons. The molecule has 1 saturated heterocycles. The summed E-state index contributed by atoms with van der Waals surface area (Å²) in [5.74, 6) is 6.05. The fourth-order valence-electron chi connectivity index (χ4n) is 2.29. The van der Waals surface area contributed by atoms with Gasteiger partial charge in [-0.1, -0.05) is 0 Å². The number of nitrogen functional groups attached to an aromatic ring is 1. The highest BCUT2D eigenvalue weighted by Gasteiger charge is 2.34. The summed E-state index contributed by atoms with van der Waals surface area (Å²) in [5.41, 5.74) is 1.99. The number of morpholine rings is 1. The Hall–Kier alpha value is -1.71. The first kappa shape index (κ1) is 15.7. The second-order valence-corrected chi connectivity index (χ2v) is 5.38. The van der Waals surface area contributed by atoms with E-state index in [1.54, 1.807) is 0 Å². The van der Waals surface area contributed by atoms with E-state index in [4.69, 9.17) is 15.3 Å². The topological polar surface area (TPSA) is 119 Å². The van der Waals surface area contributed by atoms with Crippen molar-refractivity contribution in [2.24, 2.45) is 5.84 Å². The molecule has 0 spiro atoms. The molecule has 9 nitrogen and oxygen atoms in total. The number of hydrogen-bond donors (Lipinski definition) is 3. The average molecular weight is 298 g/mol. The van der Waals surface area contributed by atoms with Crippen LogP contribution in [0, 0.1) is 0 Å². The number of rotatable bonds is 5. The summed E-state index contributed by atoms with van der Waals surface area (Å²) in [6, 6.07) is 0.209. The van der Waals surface area contributed by atoms with Crippen LogP contribution in [0.2, 0.25) is 0 Å². The van der Waals surface area contributed by atoms with Gasteiger partial charge >= 0.3 is 6.01 Å². The Bertz CT molecular complexity index is 484. The molecule has 1 aromatic rings. The van der Waals surface area contributed by atoms with E-state index in [0.29, 0.717) is 25.6 Å². The van der Waals surface area contributed by atoms with E-state index >= 15 is 0 Å². The van der Waals surface area contributed by atoms with Gasteiger partial charge in [0.1, 0.15) is 0 Å². The van der Waals surface area contributed by atoms with Crippen molar-refractivity contribution in [1.82, 2.24) is 15.0 Å². The van der Waals surface area contributed by atoms with Crippen LogP contribution in [0.5, 0.6) is 6.01 Å². The highest BCUT2D eigenvalue weighted by Crippen LogP contribution is 2.25. The van der Waals surface area contributed by atoms with E-state index < -0.39 is 5.60 Å². The van der Waals surface area contributed by atoms with Gasteiger partial charge in [-0.25, -0.2) is 5.84 Å². The van der Waals surface area contributed by atoms with Crippen molar-refractivity contribution in [3.05, 3.63) is 0 Å². The van der Waals surface area contributed by atoms with Crippen LogP contribution in [-0.4, -0.2) is 58.1 Å². The molecule has 0 bridgehead atoms. The van der Waals surface area contributed by atoms with Gasteiger partial charge in [-0.3, -0.25) is 5.43 Å². The van der Waals surface area contributed by atoms with E-state index in [9.17, 15) is 5.11 Å². The van der Waals surface area contributed by atoms with Gasteiger partial charge in [0.15, 0.2) is 0 Å². The first-order valence-corrected chi connectivity index (χ1v) is 6.86. The number of aromatic nitrogens is 3. The molecular formula is C12H22N6O3. The average Bonchev–Trinajstić information content (AvgIpc) is 2.45. The van der Waals surface area contributed by atoms with Crippen molar-refractivity contribution in [3.8, 4) is 6.01 Å². The molecule has 0 radical (unpaired) electrons. The first-order chi connectivity index (χ1) is 9.97. The molecule has 0 aromatic carbocycles. The molecular weight excluding hydrogens is 276 g/mol. The number of hydrazine groups is 1. The first-order valence-electron chi connectivity index (χ1n) is 6.86. The van der Waals surface area contributed by atoms with Crippen LogP contribution in [0.3, 0.4) is 0 Å². The number of aliphatic hydroxyl groups excluding tert-OH is 1. The summed E-state index contributed by atoms with van der Waals surface area (Å²) in [4.78, 5) is 14.5. The lowest BCUT2D eigenvalue weighted by molar-refractivity contribution is -0.101. The number of anilines is 2. The number of nitrogens with one attached hydrogen (secondary N) is 1. The number of nitrogens with zero attached hydrogens (tertiary/aromatic N) is 4. The second-order valence-electron chi connectivity index (χ2n) is 5.38. The smallest absolute Gasteiger partial charge is 0.323 e. The van der Waals surface area contributed by atoms with Crippen molar-refractivity contribution < 1.29 is 14.6 Å². The zero-order valence-electron chi connectivity index (χ0n) is 12.5. The Morgan fingerprint density at radius 2 is 2.24 bits per heavy atom. The fourth-order valence-corrected chi connectivity index (χ4v) is 2.29. The van der Waals surface area contributed by atoms with Crippen LogP contribution < -0.4 is 20.9 Å². The van der Waals surface area contributed by atoms with E-state index in [2.05, 4.69) is 20.4 Å². The normalized spacial score (nSPS) is 21.2. The Kier molecular flexibility index (Phi) is 4.76. The predicted molar refractivity (Wildman–Crippen MR) is 77.1 cm³/mol. The summed E-state index contributed by atoms with van der Waals surface area (Å²) >= 11 is 0. The largest absolute Gasteiger partial charge is 0.464 e. The zero-order valence-corrected chi connectivity index (χ0v) is 12.5. The van der Waals surface area contributed by atoms with Gasteiger partial charge in [-0.2, -0.15) is 15.0 Å². The third kappa shape index (κ3) is 3.90. The minimum absolute atomic E-state index is 0.0642. The lowest BCUT2D eigenvalue weighted by Gasteiger charge is -2.42. The number of nitrogens with two attached hydrogens (primary N) is 1. The molecule has 1 fully saturated rings. The minimum Gasteiger partial charge on any atom is -0.464 e. The van der Waals surface area contributed by atoms with Gasteiger partial charge in [0.05, 0.1) is 24.9 Å². The quantitative estimate of drug-likeness (QED) is 0.489. The fraction of sp³-hybridized carbons (Fsp3) is 0.750. The van der Waals surface area contributed by atoms with E-state index in [1.807, 2.05) is 25.7 Å². The van der Waals surface area contributed by atoms with Crippen LogP contribution >= 0.6 is 0 Å². The minimum atomic E-state index is -0.416. The molecule has 0 saturated carbocycles. The van der Waals surface area contributed by atoms with Crippen LogP contribution in [0.15, 0.2) is 0 Å². The lowest BCUT2D eigenvalue weighted by Crippen LogP contribution is -2.54. The van der Waals surface area contributed by atoms with Gasteiger partial charge < -0.3 is 19.5 Å². The predicted octanol–water partition coefficient (Wildman–Crippen LogP) is -0.468. The van der Waals surface area contributed by atoms with Gasteiger partial charge in [-0.05, 0) is 20.8 Å². The molecule has 21 heavy (non-hydrogen) atoms. The number of hydrogen-bond acceptors (Lipinski definition) is 9. The van der Waals surface area contributed by atoms with E-state index in [1.165, 1.54) is 0 Å². The van der Waals surface area contributed by atoms with Gasteiger partial charge in [0.2, 0.25) is 11.9 Å². The highest BCUT2D eigenvalue weighted by molar-refractivity contribution is 5.39. The van der Waals surface area contributed by atoms with Crippen molar-refractivity contribution in [2.45, 2.75) is 32.5 Å². The Morgan fingerprint density at radius 1 is 1.48 bits per heavy atom. The van der Waals surface area contributed by atoms with Gasteiger partial charge in [0.25, 0.3) is 0 Å². The third-order valence-electron chi connectivity index (χ3n) is 2.97. The van der Waals surface area contributed by atoms with Crippen molar-refractivity contribution >= 4 is 11.9 Å². The lowest BCUT2D eigenvalue weighted by atomic mass is 10.1. The maximum absolute atomic E-state index is 9.37.